The third kappa shape index (κ3) is 4.03. The SMILES string of the molecule is CCCNC(C)C(CC)c1nc(C(C)C)ns1. The molecule has 98 valence electrons. The topological polar surface area (TPSA) is 37.8 Å². The molecule has 2 unspecified atom stereocenters. The van der Waals surface area contributed by atoms with E-state index in [1.54, 1.807) is 11.5 Å². The molecule has 2 atom stereocenters. The highest BCUT2D eigenvalue weighted by Gasteiger charge is 2.21. The summed E-state index contributed by atoms with van der Waals surface area (Å²) in [5, 5.41) is 4.75. The first-order valence-corrected chi connectivity index (χ1v) is 7.44. The first-order chi connectivity index (χ1) is 8.10. The summed E-state index contributed by atoms with van der Waals surface area (Å²) < 4.78 is 4.45. The number of nitrogens with one attached hydrogen (secondary N) is 1. The molecular weight excluding hydrogens is 230 g/mol. The van der Waals surface area contributed by atoms with Crippen molar-refractivity contribution in [2.45, 2.75) is 65.3 Å². The van der Waals surface area contributed by atoms with Gasteiger partial charge in [-0.2, -0.15) is 4.37 Å². The smallest absolute Gasteiger partial charge is 0.145 e. The van der Waals surface area contributed by atoms with Gasteiger partial charge in [-0.1, -0.05) is 27.7 Å². The van der Waals surface area contributed by atoms with Crippen molar-refractivity contribution in [3.63, 3.8) is 0 Å². The molecule has 0 saturated heterocycles. The maximum atomic E-state index is 4.68. The quantitative estimate of drug-likeness (QED) is 0.809. The number of rotatable bonds is 7. The highest BCUT2D eigenvalue weighted by atomic mass is 32.1. The first kappa shape index (κ1) is 14.6. The molecule has 0 amide bonds. The van der Waals surface area contributed by atoms with Crippen molar-refractivity contribution in [3.05, 3.63) is 10.8 Å². The Labute approximate surface area is 109 Å². The Morgan fingerprint density at radius 2 is 1.94 bits per heavy atom. The summed E-state index contributed by atoms with van der Waals surface area (Å²) in [7, 11) is 0. The van der Waals surface area contributed by atoms with Crippen LogP contribution in [0.4, 0.5) is 0 Å². The summed E-state index contributed by atoms with van der Waals surface area (Å²) in [5.74, 6) is 1.91. The van der Waals surface area contributed by atoms with Gasteiger partial charge in [-0.25, -0.2) is 4.98 Å². The van der Waals surface area contributed by atoms with Crippen LogP contribution in [0.3, 0.4) is 0 Å². The van der Waals surface area contributed by atoms with Gasteiger partial charge < -0.3 is 5.32 Å². The van der Waals surface area contributed by atoms with E-state index in [1.165, 1.54) is 11.4 Å². The molecule has 0 aromatic carbocycles. The van der Waals surface area contributed by atoms with Gasteiger partial charge in [0.25, 0.3) is 0 Å². The lowest BCUT2D eigenvalue weighted by Gasteiger charge is -2.21. The van der Waals surface area contributed by atoms with E-state index in [0.717, 1.165) is 18.8 Å². The molecule has 0 spiro atoms. The van der Waals surface area contributed by atoms with Crippen molar-refractivity contribution in [1.29, 1.82) is 0 Å². The van der Waals surface area contributed by atoms with Crippen LogP contribution in [0, 0.1) is 0 Å². The van der Waals surface area contributed by atoms with E-state index in [4.69, 9.17) is 0 Å². The summed E-state index contributed by atoms with van der Waals surface area (Å²) in [6.07, 6.45) is 2.29. The number of aromatic nitrogens is 2. The van der Waals surface area contributed by atoms with E-state index < -0.39 is 0 Å². The summed E-state index contributed by atoms with van der Waals surface area (Å²) >= 11 is 1.57. The molecule has 0 saturated carbocycles. The molecule has 0 fully saturated rings. The van der Waals surface area contributed by atoms with Crippen LogP contribution in [0.1, 0.15) is 70.1 Å². The standard InChI is InChI=1S/C13H25N3S/c1-6-8-14-10(5)11(7-2)13-15-12(9(3)4)16-17-13/h9-11,14H,6-8H2,1-5H3. The Morgan fingerprint density at radius 1 is 1.24 bits per heavy atom. The number of hydrogen-bond donors (Lipinski definition) is 1. The van der Waals surface area contributed by atoms with Crippen LogP contribution in [-0.2, 0) is 0 Å². The van der Waals surface area contributed by atoms with Crippen LogP contribution in [0.5, 0.6) is 0 Å². The van der Waals surface area contributed by atoms with E-state index in [9.17, 15) is 0 Å². The lowest BCUT2D eigenvalue weighted by molar-refractivity contribution is 0.448. The van der Waals surface area contributed by atoms with E-state index in [1.807, 2.05) is 0 Å². The van der Waals surface area contributed by atoms with Crippen LogP contribution >= 0.6 is 11.5 Å². The Bertz CT molecular complexity index is 322. The maximum Gasteiger partial charge on any atom is 0.145 e. The van der Waals surface area contributed by atoms with Crippen molar-refractivity contribution in [1.82, 2.24) is 14.7 Å². The summed E-state index contributed by atoms with van der Waals surface area (Å²) in [4.78, 5) is 4.68. The molecule has 1 heterocycles. The van der Waals surface area contributed by atoms with Gasteiger partial charge in [0.15, 0.2) is 0 Å². The molecular formula is C13H25N3S. The van der Waals surface area contributed by atoms with Crippen molar-refractivity contribution in [2.24, 2.45) is 0 Å². The van der Waals surface area contributed by atoms with Gasteiger partial charge >= 0.3 is 0 Å². The molecule has 1 aromatic rings. The zero-order chi connectivity index (χ0) is 12.8. The summed E-state index contributed by atoms with van der Waals surface area (Å²) in [5.41, 5.74) is 0. The minimum atomic E-state index is 0.427. The molecule has 0 aliphatic rings. The number of hydrogen-bond acceptors (Lipinski definition) is 4. The van der Waals surface area contributed by atoms with Gasteiger partial charge in [0.2, 0.25) is 0 Å². The molecule has 0 radical (unpaired) electrons. The average molecular weight is 255 g/mol. The molecule has 0 bridgehead atoms. The second-order valence-electron chi connectivity index (χ2n) is 4.90. The second-order valence-corrected chi connectivity index (χ2v) is 5.69. The maximum absolute atomic E-state index is 4.68. The van der Waals surface area contributed by atoms with E-state index in [0.29, 0.717) is 17.9 Å². The Morgan fingerprint density at radius 3 is 2.41 bits per heavy atom. The Balaban J connectivity index is 2.71. The third-order valence-corrected chi connectivity index (χ3v) is 3.91. The normalized spacial score (nSPS) is 15.2. The summed E-state index contributed by atoms with van der Waals surface area (Å²) in [6.45, 7) is 12.0. The highest BCUT2D eigenvalue weighted by Crippen LogP contribution is 2.26. The van der Waals surface area contributed by atoms with Crippen LogP contribution in [0.15, 0.2) is 0 Å². The average Bonchev–Trinajstić information content (AvgIpc) is 2.77. The van der Waals surface area contributed by atoms with Crippen LogP contribution in [0.25, 0.3) is 0 Å². The van der Waals surface area contributed by atoms with E-state index in [-0.39, 0.29) is 0 Å². The fourth-order valence-electron chi connectivity index (χ4n) is 1.89. The van der Waals surface area contributed by atoms with Crippen molar-refractivity contribution in [2.75, 3.05) is 6.54 Å². The Kier molecular flexibility index (Phi) is 6.06. The minimum absolute atomic E-state index is 0.427. The van der Waals surface area contributed by atoms with E-state index >= 15 is 0 Å². The molecule has 1 aromatic heterocycles. The lowest BCUT2D eigenvalue weighted by Crippen LogP contribution is -2.32. The van der Waals surface area contributed by atoms with Crippen LogP contribution in [-0.4, -0.2) is 21.9 Å². The molecule has 3 nitrogen and oxygen atoms in total. The lowest BCUT2D eigenvalue weighted by atomic mass is 9.99. The fraction of sp³-hybridized carbons (Fsp3) is 0.846. The van der Waals surface area contributed by atoms with Crippen LogP contribution in [0.2, 0.25) is 0 Å². The number of nitrogens with zero attached hydrogens (tertiary/aromatic N) is 2. The predicted octanol–water partition coefficient (Wildman–Crippen LogP) is 3.54. The van der Waals surface area contributed by atoms with Crippen molar-refractivity contribution in [3.8, 4) is 0 Å². The molecule has 0 aliphatic heterocycles. The third-order valence-electron chi connectivity index (χ3n) is 3.05. The zero-order valence-electron chi connectivity index (χ0n) is 11.7. The van der Waals surface area contributed by atoms with Crippen molar-refractivity contribution >= 4 is 11.5 Å². The largest absolute Gasteiger partial charge is 0.314 e. The minimum Gasteiger partial charge on any atom is -0.314 e. The molecule has 1 N–H and O–H groups in total. The molecule has 0 aliphatic carbocycles. The summed E-state index contributed by atoms with van der Waals surface area (Å²) in [6, 6.07) is 0.480. The van der Waals surface area contributed by atoms with Crippen molar-refractivity contribution < 1.29 is 0 Å². The molecule has 4 heteroatoms. The predicted molar refractivity (Wildman–Crippen MR) is 74.8 cm³/mol. The van der Waals surface area contributed by atoms with E-state index in [2.05, 4.69) is 49.3 Å². The highest BCUT2D eigenvalue weighted by molar-refractivity contribution is 7.05. The molecule has 17 heavy (non-hydrogen) atoms. The first-order valence-electron chi connectivity index (χ1n) is 6.66. The zero-order valence-corrected chi connectivity index (χ0v) is 12.5. The Hall–Kier alpha value is -0.480. The van der Waals surface area contributed by atoms with Gasteiger partial charge in [-0.3, -0.25) is 0 Å². The van der Waals surface area contributed by atoms with Gasteiger partial charge in [-0.15, -0.1) is 0 Å². The second kappa shape index (κ2) is 7.07. The van der Waals surface area contributed by atoms with Gasteiger partial charge in [0, 0.05) is 17.9 Å². The fourth-order valence-corrected chi connectivity index (χ4v) is 2.97. The van der Waals surface area contributed by atoms with Gasteiger partial charge in [0.05, 0.1) is 0 Å². The van der Waals surface area contributed by atoms with Gasteiger partial charge in [0.1, 0.15) is 10.8 Å². The molecule has 1 rings (SSSR count). The monoisotopic (exact) mass is 255 g/mol. The van der Waals surface area contributed by atoms with Crippen LogP contribution < -0.4 is 5.32 Å². The van der Waals surface area contributed by atoms with Gasteiger partial charge in [-0.05, 0) is 37.8 Å².